The number of hydrogen-bond donors (Lipinski definition) is 2. The van der Waals surface area contributed by atoms with Crippen LogP contribution in [0.15, 0.2) is 65.4 Å². The summed E-state index contributed by atoms with van der Waals surface area (Å²) in [5.41, 5.74) is 3.62. The number of carbonyl (C=O) groups is 1. The smallest absolute Gasteiger partial charge is 0.273 e. The molecular weight excluding hydrogens is 419 g/mol. The second-order valence-electron chi connectivity index (χ2n) is 8.68. The van der Waals surface area contributed by atoms with E-state index >= 15 is 0 Å². The molecule has 33 heavy (non-hydrogen) atoms. The van der Waals surface area contributed by atoms with Crippen molar-refractivity contribution in [2.45, 2.75) is 33.4 Å². The Hall–Kier alpha value is -3.45. The Morgan fingerprint density at radius 3 is 2.73 bits per heavy atom. The number of para-hydroxylation sites is 1. The molecule has 0 fully saturated rings. The van der Waals surface area contributed by atoms with Gasteiger partial charge in [0.15, 0.2) is 5.69 Å². The van der Waals surface area contributed by atoms with E-state index in [0.29, 0.717) is 31.4 Å². The van der Waals surface area contributed by atoms with E-state index in [1.54, 1.807) is 12.1 Å². The first kappa shape index (κ1) is 22.7. The van der Waals surface area contributed by atoms with Crippen LogP contribution in [0.5, 0.6) is 0 Å². The molecule has 4 rings (SSSR count). The molecule has 0 aliphatic carbocycles. The monoisotopic (exact) mass is 448 g/mol. The second kappa shape index (κ2) is 10.4. The number of halogens is 1. The third-order valence-electron chi connectivity index (χ3n) is 5.51. The van der Waals surface area contributed by atoms with Crippen molar-refractivity contribution in [2.24, 2.45) is 5.92 Å². The van der Waals surface area contributed by atoms with Crippen LogP contribution >= 0.6 is 0 Å². The van der Waals surface area contributed by atoms with Crippen molar-refractivity contribution >= 4 is 16.8 Å². The lowest BCUT2D eigenvalue weighted by Crippen LogP contribution is -2.28. The van der Waals surface area contributed by atoms with Crippen LogP contribution in [0.25, 0.3) is 10.9 Å². The highest BCUT2D eigenvalue weighted by atomic mass is 19.1. The van der Waals surface area contributed by atoms with Gasteiger partial charge in [-0.3, -0.25) is 9.69 Å². The van der Waals surface area contributed by atoms with E-state index in [1.807, 2.05) is 32.2 Å². The van der Waals surface area contributed by atoms with E-state index in [-0.39, 0.29) is 17.4 Å². The fraction of sp³-hybridized carbons (Fsp3) is 0.308. The van der Waals surface area contributed by atoms with Crippen molar-refractivity contribution in [3.8, 4) is 0 Å². The second-order valence-corrected chi connectivity index (χ2v) is 8.68. The third-order valence-corrected chi connectivity index (χ3v) is 5.51. The lowest BCUT2D eigenvalue weighted by molar-refractivity contribution is 0.0944. The van der Waals surface area contributed by atoms with E-state index in [2.05, 4.69) is 32.3 Å². The minimum absolute atomic E-state index is 0.234. The molecule has 2 N–H and O–H groups in total. The maximum absolute atomic E-state index is 13.4. The summed E-state index contributed by atoms with van der Waals surface area (Å²) in [7, 11) is 0. The molecule has 0 aliphatic heterocycles. The molecule has 0 saturated heterocycles. The van der Waals surface area contributed by atoms with Crippen molar-refractivity contribution < 1.29 is 13.6 Å². The van der Waals surface area contributed by atoms with E-state index in [0.717, 1.165) is 24.0 Å². The Morgan fingerprint density at radius 1 is 1.15 bits per heavy atom. The fourth-order valence-electron chi connectivity index (χ4n) is 3.75. The van der Waals surface area contributed by atoms with Gasteiger partial charge < -0.3 is 14.7 Å². The predicted octanol–water partition coefficient (Wildman–Crippen LogP) is 4.93. The maximum atomic E-state index is 13.4. The molecule has 2 heterocycles. The van der Waals surface area contributed by atoms with Crippen molar-refractivity contribution in [3.05, 3.63) is 89.5 Å². The first-order valence-electron chi connectivity index (χ1n) is 11.2. The minimum Gasteiger partial charge on any atom is -0.447 e. The Bertz CT molecular complexity index is 1200. The predicted molar refractivity (Wildman–Crippen MR) is 126 cm³/mol. The van der Waals surface area contributed by atoms with Crippen LogP contribution in [0.1, 0.15) is 41.4 Å². The average molecular weight is 449 g/mol. The number of H-pyrrole nitrogens is 1. The van der Waals surface area contributed by atoms with Crippen molar-refractivity contribution in [1.82, 2.24) is 20.2 Å². The zero-order chi connectivity index (χ0) is 23.2. The highest BCUT2D eigenvalue weighted by molar-refractivity contribution is 5.91. The molecule has 0 unspecified atom stereocenters. The Kier molecular flexibility index (Phi) is 7.19. The van der Waals surface area contributed by atoms with Gasteiger partial charge in [0, 0.05) is 36.7 Å². The number of fused-ring (bicyclic) bond motifs is 1. The highest BCUT2D eigenvalue weighted by Gasteiger charge is 2.16. The average Bonchev–Trinajstić information content (AvgIpc) is 3.44. The van der Waals surface area contributed by atoms with Gasteiger partial charge in [-0.1, -0.05) is 44.2 Å². The lowest BCUT2D eigenvalue weighted by Gasteiger charge is -2.21. The van der Waals surface area contributed by atoms with Crippen LogP contribution in [0, 0.1) is 11.7 Å². The number of aromatic nitrogens is 2. The number of hydrogen-bond acceptors (Lipinski definition) is 4. The van der Waals surface area contributed by atoms with Gasteiger partial charge in [-0.2, -0.15) is 0 Å². The molecule has 4 aromatic rings. The normalized spacial score (nSPS) is 11.5. The summed E-state index contributed by atoms with van der Waals surface area (Å²) >= 11 is 0. The quantitative estimate of drug-likeness (QED) is 0.361. The summed E-state index contributed by atoms with van der Waals surface area (Å²) in [5.74, 6) is 0.346. The van der Waals surface area contributed by atoms with Gasteiger partial charge in [-0.05, 0) is 41.7 Å². The van der Waals surface area contributed by atoms with Gasteiger partial charge in [0.1, 0.15) is 12.1 Å². The van der Waals surface area contributed by atoms with Crippen molar-refractivity contribution in [2.75, 3.05) is 13.1 Å². The first-order valence-corrected chi connectivity index (χ1v) is 11.2. The van der Waals surface area contributed by atoms with Gasteiger partial charge in [0.25, 0.3) is 5.91 Å². The zero-order valence-corrected chi connectivity index (χ0v) is 19.0. The molecule has 1 amide bonds. The molecule has 0 radical (unpaired) electrons. The summed E-state index contributed by atoms with van der Waals surface area (Å²) in [6.07, 6.45) is 4.28. The maximum Gasteiger partial charge on any atom is 0.273 e. The van der Waals surface area contributed by atoms with Gasteiger partial charge in [-0.15, -0.1) is 0 Å². The first-order chi connectivity index (χ1) is 16.0. The molecule has 0 atom stereocenters. The summed E-state index contributed by atoms with van der Waals surface area (Å²) < 4.78 is 19.0. The van der Waals surface area contributed by atoms with Crippen LogP contribution in [0.2, 0.25) is 0 Å². The number of amides is 1. The number of nitrogens with zero attached hydrogens (tertiary/aromatic N) is 2. The van der Waals surface area contributed by atoms with Gasteiger partial charge in [0.2, 0.25) is 5.89 Å². The Balaban J connectivity index is 1.46. The van der Waals surface area contributed by atoms with Crippen LogP contribution in [0.3, 0.4) is 0 Å². The Morgan fingerprint density at radius 2 is 1.94 bits per heavy atom. The number of aromatic amines is 1. The highest BCUT2D eigenvalue weighted by Crippen LogP contribution is 2.19. The van der Waals surface area contributed by atoms with Gasteiger partial charge >= 0.3 is 0 Å². The molecule has 2 aromatic heterocycles. The molecule has 2 aromatic carbocycles. The van der Waals surface area contributed by atoms with E-state index in [1.165, 1.54) is 29.3 Å². The van der Waals surface area contributed by atoms with E-state index < -0.39 is 0 Å². The fourth-order valence-corrected chi connectivity index (χ4v) is 3.75. The van der Waals surface area contributed by atoms with Gasteiger partial charge in [-0.25, -0.2) is 9.37 Å². The van der Waals surface area contributed by atoms with Crippen LogP contribution < -0.4 is 5.32 Å². The largest absolute Gasteiger partial charge is 0.447 e. The molecule has 7 heteroatoms. The van der Waals surface area contributed by atoms with Crippen LogP contribution in [0.4, 0.5) is 4.39 Å². The van der Waals surface area contributed by atoms with Crippen molar-refractivity contribution in [3.63, 3.8) is 0 Å². The Labute approximate surface area is 192 Å². The molecule has 0 bridgehead atoms. The summed E-state index contributed by atoms with van der Waals surface area (Å²) in [5, 5.41) is 4.06. The molecule has 172 valence electrons. The summed E-state index contributed by atoms with van der Waals surface area (Å²) in [6, 6.07) is 14.7. The SMILES string of the molecule is CC(C)CNC(=O)c1coc(CN(CCc2c[nH]c3ccccc23)Cc2ccc(F)cc2)n1. The molecule has 0 saturated carbocycles. The lowest BCUT2D eigenvalue weighted by atomic mass is 10.1. The number of nitrogens with one attached hydrogen (secondary N) is 2. The molecule has 0 spiro atoms. The van der Waals surface area contributed by atoms with Crippen LogP contribution in [-0.4, -0.2) is 33.9 Å². The van der Waals surface area contributed by atoms with E-state index in [9.17, 15) is 9.18 Å². The third kappa shape index (κ3) is 6.08. The van der Waals surface area contributed by atoms with Crippen LogP contribution in [-0.2, 0) is 19.5 Å². The molecular formula is C26H29FN4O2. The number of rotatable bonds is 10. The number of carbonyl (C=O) groups excluding carboxylic acids is 1. The van der Waals surface area contributed by atoms with Crippen molar-refractivity contribution in [1.29, 1.82) is 0 Å². The number of benzene rings is 2. The zero-order valence-electron chi connectivity index (χ0n) is 19.0. The molecule has 0 aliphatic rings. The van der Waals surface area contributed by atoms with Gasteiger partial charge in [0.05, 0.1) is 6.54 Å². The van der Waals surface area contributed by atoms with E-state index in [4.69, 9.17) is 4.42 Å². The standard InChI is InChI=1S/C26H29FN4O2/c1-18(2)13-29-26(32)24-17-33-25(30-24)16-31(15-19-7-9-21(27)10-8-19)12-11-20-14-28-23-6-4-3-5-22(20)23/h3-10,14,17-18,28H,11-13,15-16H2,1-2H3,(H,29,32). The molecule has 6 nitrogen and oxygen atoms in total. The minimum atomic E-state index is -0.256. The summed E-state index contributed by atoms with van der Waals surface area (Å²) in [4.78, 5) is 22.2. The summed E-state index contributed by atoms with van der Waals surface area (Å²) in [6.45, 7) is 6.46. The number of oxazole rings is 1. The topological polar surface area (TPSA) is 74.2 Å².